The Kier molecular flexibility index (Phi) is 8.21. The Bertz CT molecular complexity index is 191. The number of hydrogen-bond donors (Lipinski definition) is 1. The fraction of sp³-hybridized carbons (Fsp3) is 0.917. The highest BCUT2D eigenvalue weighted by atomic mass is 16.2. The molecule has 0 saturated carbocycles. The lowest BCUT2D eigenvalue weighted by Crippen LogP contribution is -2.40. The summed E-state index contributed by atoms with van der Waals surface area (Å²) in [5.41, 5.74) is 5.61. The minimum atomic E-state index is 0.188. The van der Waals surface area contributed by atoms with Crippen molar-refractivity contribution in [3.05, 3.63) is 0 Å². The third-order valence-electron chi connectivity index (χ3n) is 2.99. The maximum absolute atomic E-state index is 11.5. The zero-order valence-electron chi connectivity index (χ0n) is 11.2. The van der Waals surface area contributed by atoms with E-state index in [1.807, 2.05) is 0 Å². The van der Waals surface area contributed by atoms with Gasteiger partial charge in [-0.15, -0.1) is 0 Å². The molecule has 0 bridgehead atoms. The molecule has 0 atom stereocenters. The van der Waals surface area contributed by atoms with Crippen LogP contribution in [0.1, 0.15) is 33.1 Å². The molecule has 0 aromatic rings. The van der Waals surface area contributed by atoms with Gasteiger partial charge >= 0.3 is 0 Å². The molecule has 0 fully saturated rings. The number of hydrogen-bond acceptors (Lipinski definition) is 3. The summed E-state index contributed by atoms with van der Waals surface area (Å²) in [5, 5.41) is 0. The van der Waals surface area contributed by atoms with E-state index in [1.54, 1.807) is 19.0 Å². The number of carbonyl (C=O) groups excluding carboxylic acids is 1. The van der Waals surface area contributed by atoms with E-state index in [4.69, 9.17) is 5.73 Å². The standard InChI is InChI=1S/C12H27N3O/c1-5-11(6-2)15(10-8-13)9-7-12(16)14(3)4/h11H,5-10,13H2,1-4H3. The topological polar surface area (TPSA) is 49.6 Å². The van der Waals surface area contributed by atoms with Gasteiger partial charge in [0.25, 0.3) is 0 Å². The minimum Gasteiger partial charge on any atom is -0.349 e. The van der Waals surface area contributed by atoms with Crippen LogP contribution in [0.25, 0.3) is 0 Å². The smallest absolute Gasteiger partial charge is 0.223 e. The second kappa shape index (κ2) is 8.53. The summed E-state index contributed by atoms with van der Waals surface area (Å²) in [6.45, 7) is 6.73. The number of nitrogens with two attached hydrogens (primary N) is 1. The van der Waals surface area contributed by atoms with Crippen molar-refractivity contribution in [3.8, 4) is 0 Å². The normalized spacial score (nSPS) is 11.2. The van der Waals surface area contributed by atoms with Crippen molar-refractivity contribution in [2.75, 3.05) is 33.7 Å². The number of nitrogens with zero attached hydrogens (tertiary/aromatic N) is 2. The molecular formula is C12H27N3O. The summed E-state index contributed by atoms with van der Waals surface area (Å²) < 4.78 is 0. The van der Waals surface area contributed by atoms with Gasteiger partial charge in [0.2, 0.25) is 5.91 Å². The van der Waals surface area contributed by atoms with Gasteiger partial charge in [0.05, 0.1) is 0 Å². The van der Waals surface area contributed by atoms with Crippen LogP contribution in [-0.4, -0.2) is 55.5 Å². The molecule has 0 aliphatic rings. The van der Waals surface area contributed by atoms with E-state index in [9.17, 15) is 4.79 Å². The fourth-order valence-electron chi connectivity index (χ4n) is 1.91. The van der Waals surface area contributed by atoms with Crippen molar-refractivity contribution in [2.24, 2.45) is 5.73 Å². The fourth-order valence-corrected chi connectivity index (χ4v) is 1.91. The van der Waals surface area contributed by atoms with Crippen LogP contribution in [0.15, 0.2) is 0 Å². The van der Waals surface area contributed by atoms with Crippen LogP contribution in [0, 0.1) is 0 Å². The zero-order chi connectivity index (χ0) is 12.6. The van der Waals surface area contributed by atoms with Crippen LogP contribution in [0.3, 0.4) is 0 Å². The first kappa shape index (κ1) is 15.4. The molecular weight excluding hydrogens is 202 g/mol. The van der Waals surface area contributed by atoms with Gasteiger partial charge in [-0.2, -0.15) is 0 Å². The van der Waals surface area contributed by atoms with Crippen molar-refractivity contribution < 1.29 is 4.79 Å². The van der Waals surface area contributed by atoms with E-state index >= 15 is 0 Å². The van der Waals surface area contributed by atoms with Crippen LogP contribution in [-0.2, 0) is 4.79 Å². The van der Waals surface area contributed by atoms with Gasteiger partial charge in [-0.1, -0.05) is 13.8 Å². The average Bonchev–Trinajstić information content (AvgIpc) is 2.26. The lowest BCUT2D eigenvalue weighted by Gasteiger charge is -2.30. The summed E-state index contributed by atoms with van der Waals surface area (Å²) in [4.78, 5) is 15.5. The highest BCUT2D eigenvalue weighted by molar-refractivity contribution is 5.75. The van der Waals surface area contributed by atoms with Gasteiger partial charge in [-0.05, 0) is 12.8 Å². The number of amides is 1. The Morgan fingerprint density at radius 3 is 2.12 bits per heavy atom. The van der Waals surface area contributed by atoms with Crippen molar-refractivity contribution >= 4 is 5.91 Å². The molecule has 0 rings (SSSR count). The monoisotopic (exact) mass is 229 g/mol. The van der Waals surface area contributed by atoms with Gasteiger partial charge in [0.15, 0.2) is 0 Å². The summed E-state index contributed by atoms with van der Waals surface area (Å²) in [5.74, 6) is 0.188. The van der Waals surface area contributed by atoms with Crippen LogP contribution >= 0.6 is 0 Å². The Labute approximate surface area is 99.8 Å². The maximum Gasteiger partial charge on any atom is 0.223 e. The molecule has 0 aromatic carbocycles. The number of carbonyl (C=O) groups is 1. The molecule has 0 heterocycles. The molecule has 96 valence electrons. The van der Waals surface area contributed by atoms with Crippen LogP contribution in [0.4, 0.5) is 0 Å². The molecule has 4 nitrogen and oxygen atoms in total. The molecule has 4 heteroatoms. The van der Waals surface area contributed by atoms with Gasteiger partial charge in [0.1, 0.15) is 0 Å². The molecule has 0 aromatic heterocycles. The Morgan fingerprint density at radius 2 is 1.75 bits per heavy atom. The molecule has 0 aliphatic heterocycles. The summed E-state index contributed by atoms with van der Waals surface area (Å²) in [6, 6.07) is 0.554. The first-order valence-electron chi connectivity index (χ1n) is 6.21. The highest BCUT2D eigenvalue weighted by Gasteiger charge is 2.15. The molecule has 0 radical (unpaired) electrons. The quantitative estimate of drug-likeness (QED) is 0.673. The van der Waals surface area contributed by atoms with Crippen molar-refractivity contribution in [1.29, 1.82) is 0 Å². The maximum atomic E-state index is 11.5. The molecule has 0 unspecified atom stereocenters. The van der Waals surface area contributed by atoms with Crippen LogP contribution in [0.5, 0.6) is 0 Å². The Hall–Kier alpha value is -0.610. The minimum absolute atomic E-state index is 0.188. The predicted octanol–water partition coefficient (Wildman–Crippen LogP) is 0.914. The first-order valence-corrected chi connectivity index (χ1v) is 6.21. The summed E-state index contributed by atoms with van der Waals surface area (Å²) >= 11 is 0. The largest absolute Gasteiger partial charge is 0.349 e. The van der Waals surface area contributed by atoms with E-state index in [1.165, 1.54) is 0 Å². The van der Waals surface area contributed by atoms with E-state index in [0.717, 1.165) is 25.9 Å². The predicted molar refractivity (Wildman–Crippen MR) is 68.3 cm³/mol. The zero-order valence-corrected chi connectivity index (χ0v) is 11.2. The summed E-state index contributed by atoms with van der Waals surface area (Å²) in [7, 11) is 3.60. The molecule has 0 saturated heterocycles. The van der Waals surface area contributed by atoms with E-state index in [2.05, 4.69) is 18.7 Å². The van der Waals surface area contributed by atoms with E-state index in [-0.39, 0.29) is 5.91 Å². The van der Waals surface area contributed by atoms with Gasteiger partial charge in [-0.25, -0.2) is 0 Å². The Morgan fingerprint density at radius 1 is 1.19 bits per heavy atom. The lowest BCUT2D eigenvalue weighted by molar-refractivity contribution is -0.129. The van der Waals surface area contributed by atoms with Gasteiger partial charge in [-0.3, -0.25) is 9.69 Å². The Balaban J connectivity index is 4.16. The SMILES string of the molecule is CCC(CC)N(CCN)CCC(=O)N(C)C. The second-order valence-electron chi connectivity index (χ2n) is 4.33. The first-order chi connectivity index (χ1) is 7.56. The molecule has 16 heavy (non-hydrogen) atoms. The average molecular weight is 229 g/mol. The van der Waals surface area contributed by atoms with Gasteiger partial charge in [0, 0.05) is 46.2 Å². The van der Waals surface area contributed by atoms with Crippen LogP contribution < -0.4 is 5.73 Å². The summed E-state index contributed by atoms with van der Waals surface area (Å²) in [6.07, 6.45) is 2.82. The second-order valence-corrected chi connectivity index (χ2v) is 4.33. The van der Waals surface area contributed by atoms with Crippen molar-refractivity contribution in [1.82, 2.24) is 9.80 Å². The third-order valence-corrected chi connectivity index (χ3v) is 2.99. The van der Waals surface area contributed by atoms with Gasteiger partial charge < -0.3 is 10.6 Å². The van der Waals surface area contributed by atoms with E-state index in [0.29, 0.717) is 19.0 Å². The number of rotatable bonds is 8. The highest BCUT2D eigenvalue weighted by Crippen LogP contribution is 2.08. The lowest BCUT2D eigenvalue weighted by atomic mass is 10.1. The van der Waals surface area contributed by atoms with Crippen LogP contribution in [0.2, 0.25) is 0 Å². The molecule has 0 spiro atoms. The molecule has 1 amide bonds. The van der Waals surface area contributed by atoms with E-state index < -0.39 is 0 Å². The molecule has 2 N–H and O–H groups in total. The third kappa shape index (κ3) is 5.47. The van der Waals surface area contributed by atoms with Crippen molar-refractivity contribution in [3.63, 3.8) is 0 Å². The van der Waals surface area contributed by atoms with Crippen molar-refractivity contribution in [2.45, 2.75) is 39.2 Å². The molecule has 0 aliphatic carbocycles.